The highest BCUT2D eigenvalue weighted by Gasteiger charge is 2.08. The summed E-state index contributed by atoms with van der Waals surface area (Å²) < 4.78 is 5.25. The third kappa shape index (κ3) is 2.63. The maximum atomic E-state index is 11.8. The molecule has 0 unspecified atom stereocenters. The molecule has 1 aromatic heterocycles. The predicted octanol–water partition coefficient (Wildman–Crippen LogP) is 4.27. The highest BCUT2D eigenvalue weighted by Crippen LogP contribution is 2.27. The van der Waals surface area contributed by atoms with E-state index < -0.39 is 5.63 Å². The summed E-state index contributed by atoms with van der Waals surface area (Å²) in [6.07, 6.45) is 0. The molecule has 0 N–H and O–H groups in total. The van der Waals surface area contributed by atoms with E-state index in [1.54, 1.807) is 6.07 Å². The van der Waals surface area contributed by atoms with E-state index in [1.165, 1.54) is 6.07 Å². The van der Waals surface area contributed by atoms with E-state index in [-0.39, 0.29) is 6.54 Å². The van der Waals surface area contributed by atoms with Crippen molar-refractivity contribution < 1.29 is 4.42 Å². The van der Waals surface area contributed by atoms with Crippen molar-refractivity contribution in [3.05, 3.63) is 81.0 Å². The molecule has 0 spiro atoms. The summed E-state index contributed by atoms with van der Waals surface area (Å²) in [7, 11) is 0. The average molecular weight is 277 g/mol. The molecule has 0 radical (unpaired) electrons. The zero-order valence-electron chi connectivity index (χ0n) is 11.1. The van der Waals surface area contributed by atoms with Crippen LogP contribution in [0.2, 0.25) is 0 Å². The monoisotopic (exact) mass is 277 g/mol. The van der Waals surface area contributed by atoms with Crippen LogP contribution in [0.5, 0.6) is 0 Å². The van der Waals surface area contributed by atoms with Crippen LogP contribution in [-0.2, 0) is 6.54 Å². The molecule has 0 amide bonds. The van der Waals surface area contributed by atoms with Crippen molar-refractivity contribution in [3.63, 3.8) is 0 Å². The predicted molar refractivity (Wildman–Crippen MR) is 80.8 cm³/mol. The summed E-state index contributed by atoms with van der Waals surface area (Å²) in [6.45, 7) is 0.228. The van der Waals surface area contributed by atoms with Crippen molar-refractivity contribution in [1.29, 1.82) is 0 Å². The zero-order valence-corrected chi connectivity index (χ0v) is 11.1. The molecule has 21 heavy (non-hydrogen) atoms. The van der Waals surface area contributed by atoms with Crippen LogP contribution in [0.1, 0.15) is 5.56 Å². The fourth-order valence-electron chi connectivity index (χ4n) is 2.28. The molecule has 0 saturated heterocycles. The van der Waals surface area contributed by atoms with E-state index in [9.17, 15) is 4.79 Å². The van der Waals surface area contributed by atoms with Crippen LogP contribution >= 0.6 is 0 Å². The highest BCUT2D eigenvalue weighted by atomic mass is 16.4. The summed E-state index contributed by atoms with van der Waals surface area (Å²) in [5.74, 6) is 0. The molecule has 3 rings (SSSR count). The van der Waals surface area contributed by atoms with Gasteiger partial charge in [0.05, 0.1) is 6.54 Å². The maximum absolute atomic E-state index is 11.8. The molecule has 0 atom stereocenters. The van der Waals surface area contributed by atoms with E-state index in [2.05, 4.69) is 10.0 Å². The molecule has 0 saturated carbocycles. The standard InChI is InChI=1S/C16H11N3O2/c17-19-18-10-11-6-7-13-14(12-4-2-1-3-5-12)9-16(20)21-15(13)8-11/h1-9H,10H2. The molecule has 5 heteroatoms. The minimum atomic E-state index is -0.401. The van der Waals surface area contributed by atoms with E-state index >= 15 is 0 Å². The van der Waals surface area contributed by atoms with Crippen LogP contribution in [0.15, 0.2) is 68.9 Å². The first-order valence-corrected chi connectivity index (χ1v) is 6.41. The van der Waals surface area contributed by atoms with Crippen LogP contribution in [0, 0.1) is 0 Å². The Bertz CT molecular complexity index is 894. The minimum Gasteiger partial charge on any atom is -0.423 e. The third-order valence-corrected chi connectivity index (χ3v) is 3.21. The van der Waals surface area contributed by atoms with Crippen LogP contribution in [-0.4, -0.2) is 0 Å². The van der Waals surface area contributed by atoms with Crippen LogP contribution < -0.4 is 5.63 Å². The highest BCUT2D eigenvalue weighted by molar-refractivity contribution is 5.93. The van der Waals surface area contributed by atoms with Crippen molar-refractivity contribution in [3.8, 4) is 11.1 Å². The molecule has 0 aliphatic heterocycles. The SMILES string of the molecule is [N-]=[N+]=NCc1ccc2c(-c3ccccc3)cc(=O)oc2c1. The lowest BCUT2D eigenvalue weighted by Crippen LogP contribution is -1.98. The lowest BCUT2D eigenvalue weighted by Gasteiger charge is -2.06. The first-order valence-electron chi connectivity index (χ1n) is 6.41. The molecule has 5 nitrogen and oxygen atoms in total. The molecular formula is C16H11N3O2. The summed E-state index contributed by atoms with van der Waals surface area (Å²) in [5, 5.41) is 4.36. The normalized spacial score (nSPS) is 10.3. The number of benzene rings is 2. The van der Waals surface area contributed by atoms with E-state index in [0.717, 1.165) is 22.1 Å². The topological polar surface area (TPSA) is 79.0 Å². The van der Waals surface area contributed by atoms with E-state index in [1.807, 2.05) is 42.5 Å². The minimum absolute atomic E-state index is 0.228. The van der Waals surface area contributed by atoms with Gasteiger partial charge in [-0.2, -0.15) is 0 Å². The van der Waals surface area contributed by atoms with E-state index in [0.29, 0.717) is 5.58 Å². The number of azide groups is 1. The number of fused-ring (bicyclic) bond motifs is 1. The van der Waals surface area contributed by atoms with Crippen molar-refractivity contribution in [2.45, 2.75) is 6.54 Å². The lowest BCUT2D eigenvalue weighted by atomic mass is 10.0. The van der Waals surface area contributed by atoms with Gasteiger partial charge < -0.3 is 4.42 Å². The number of rotatable bonds is 3. The lowest BCUT2D eigenvalue weighted by molar-refractivity contribution is 0.561. The first-order chi connectivity index (χ1) is 10.3. The fraction of sp³-hybridized carbons (Fsp3) is 0.0625. The molecule has 1 heterocycles. The summed E-state index contributed by atoms with van der Waals surface area (Å²) in [4.78, 5) is 14.5. The fourth-order valence-corrected chi connectivity index (χ4v) is 2.28. The van der Waals surface area contributed by atoms with Crippen molar-refractivity contribution in [2.75, 3.05) is 0 Å². The Balaban J connectivity index is 2.22. The molecule has 0 aliphatic carbocycles. The molecule has 3 aromatic rings. The van der Waals surface area contributed by atoms with Gasteiger partial charge in [-0.1, -0.05) is 47.6 Å². The van der Waals surface area contributed by atoms with Gasteiger partial charge in [0.25, 0.3) is 0 Å². The van der Waals surface area contributed by atoms with Crippen molar-refractivity contribution in [1.82, 2.24) is 0 Å². The Hall–Kier alpha value is -3.04. The Morgan fingerprint density at radius 1 is 1.10 bits per heavy atom. The van der Waals surface area contributed by atoms with Crippen LogP contribution in [0.3, 0.4) is 0 Å². The number of nitrogens with zero attached hydrogens (tertiary/aromatic N) is 3. The Morgan fingerprint density at radius 2 is 1.90 bits per heavy atom. The Morgan fingerprint density at radius 3 is 2.67 bits per heavy atom. The molecular weight excluding hydrogens is 266 g/mol. The average Bonchev–Trinajstić information content (AvgIpc) is 2.52. The van der Waals surface area contributed by atoms with Gasteiger partial charge >= 0.3 is 5.63 Å². The van der Waals surface area contributed by atoms with Crippen molar-refractivity contribution >= 4 is 11.0 Å². The van der Waals surface area contributed by atoms with Gasteiger partial charge in [0.15, 0.2) is 0 Å². The third-order valence-electron chi connectivity index (χ3n) is 3.21. The molecule has 0 fully saturated rings. The number of hydrogen-bond donors (Lipinski definition) is 0. The molecule has 2 aromatic carbocycles. The molecule has 0 bridgehead atoms. The van der Waals surface area contributed by atoms with E-state index in [4.69, 9.17) is 9.95 Å². The number of hydrogen-bond acceptors (Lipinski definition) is 3. The smallest absolute Gasteiger partial charge is 0.336 e. The maximum Gasteiger partial charge on any atom is 0.336 e. The summed E-state index contributed by atoms with van der Waals surface area (Å²) in [5.41, 5.74) is 11.0. The van der Waals surface area contributed by atoms with Gasteiger partial charge in [0.2, 0.25) is 0 Å². The van der Waals surface area contributed by atoms with Gasteiger partial charge in [0.1, 0.15) is 5.58 Å². The molecule has 0 aliphatic rings. The van der Waals surface area contributed by atoms with Crippen LogP contribution in [0.4, 0.5) is 0 Å². The second kappa shape index (κ2) is 5.53. The molecule has 102 valence electrons. The van der Waals surface area contributed by atoms with Gasteiger partial charge in [-0.15, -0.1) is 0 Å². The summed E-state index contributed by atoms with van der Waals surface area (Å²) in [6, 6.07) is 16.6. The van der Waals surface area contributed by atoms with Crippen molar-refractivity contribution in [2.24, 2.45) is 5.11 Å². The van der Waals surface area contributed by atoms with Crippen LogP contribution in [0.25, 0.3) is 32.5 Å². The quantitative estimate of drug-likeness (QED) is 0.310. The van der Waals surface area contributed by atoms with Gasteiger partial charge in [-0.05, 0) is 28.3 Å². The second-order valence-corrected chi connectivity index (χ2v) is 4.56. The zero-order chi connectivity index (χ0) is 14.7. The van der Waals surface area contributed by atoms with Gasteiger partial charge in [0, 0.05) is 16.4 Å². The second-order valence-electron chi connectivity index (χ2n) is 4.56. The Kier molecular flexibility index (Phi) is 3.41. The van der Waals surface area contributed by atoms with Gasteiger partial charge in [-0.3, -0.25) is 0 Å². The first kappa shape index (κ1) is 13.0. The summed E-state index contributed by atoms with van der Waals surface area (Å²) >= 11 is 0. The van der Waals surface area contributed by atoms with Gasteiger partial charge in [-0.25, -0.2) is 4.79 Å². The largest absolute Gasteiger partial charge is 0.423 e. The Labute approximate surface area is 120 Å².